The second-order valence-electron chi connectivity index (χ2n) is 9.57. The number of hydrogen-bond donors (Lipinski definition) is 2. The molecule has 0 aromatic heterocycles. The van der Waals surface area contributed by atoms with Crippen molar-refractivity contribution < 1.29 is 10.2 Å². The van der Waals surface area contributed by atoms with E-state index in [-0.39, 0.29) is 0 Å². The van der Waals surface area contributed by atoms with E-state index in [9.17, 15) is 0 Å². The van der Waals surface area contributed by atoms with Gasteiger partial charge in [-0.1, -0.05) is 142 Å². The zero-order valence-electron chi connectivity index (χ0n) is 22.4. The fourth-order valence-electron chi connectivity index (χ4n) is 3.96. The van der Waals surface area contributed by atoms with Crippen LogP contribution in [0.3, 0.4) is 0 Å². The molecule has 0 aromatic rings. The van der Waals surface area contributed by atoms with Gasteiger partial charge in [-0.25, -0.2) is 0 Å². The highest BCUT2D eigenvalue weighted by molar-refractivity contribution is 4.81. The molecule has 32 heavy (non-hydrogen) atoms. The fraction of sp³-hybridized carbons (Fsp3) is 0.933. The van der Waals surface area contributed by atoms with E-state index in [1.165, 1.54) is 141 Å². The Labute approximate surface area is 203 Å². The monoisotopic (exact) mass is 454 g/mol. The summed E-state index contributed by atoms with van der Waals surface area (Å²) in [4.78, 5) is 0. The van der Waals surface area contributed by atoms with Gasteiger partial charge in [0.05, 0.1) is 0 Å². The standard InChI is InChI=1S/C18H36O.C12H26O/c1-2-3-4-5-6-7-8-9-10-11-12-13-14-15-16-17-18-19;1-2-3-4-5-6-7-8-9-10-11-12-13/h9-10,19H,2-8,11-18H2,1H3;13H,2-12H2,1H3. The normalized spacial score (nSPS) is 11.1. The van der Waals surface area contributed by atoms with Gasteiger partial charge in [-0.3, -0.25) is 0 Å². The quantitative estimate of drug-likeness (QED) is 0.106. The topological polar surface area (TPSA) is 40.5 Å². The van der Waals surface area contributed by atoms with E-state index >= 15 is 0 Å². The van der Waals surface area contributed by atoms with Crippen LogP contribution in [0.2, 0.25) is 0 Å². The molecule has 2 heteroatoms. The van der Waals surface area contributed by atoms with Crippen molar-refractivity contribution in [2.45, 2.75) is 168 Å². The van der Waals surface area contributed by atoms with Gasteiger partial charge >= 0.3 is 0 Å². The maximum Gasteiger partial charge on any atom is 0.0431 e. The molecule has 0 aliphatic rings. The molecule has 0 radical (unpaired) electrons. The first-order valence-corrected chi connectivity index (χ1v) is 14.7. The molecule has 0 aliphatic carbocycles. The molecular weight excluding hydrogens is 392 g/mol. The molecule has 0 aliphatic heterocycles. The summed E-state index contributed by atoms with van der Waals surface area (Å²) >= 11 is 0. The number of allylic oxidation sites excluding steroid dienone is 2. The predicted octanol–water partition coefficient (Wildman–Crippen LogP) is 9.92. The van der Waals surface area contributed by atoms with Crippen LogP contribution in [-0.4, -0.2) is 23.4 Å². The van der Waals surface area contributed by atoms with Crippen LogP contribution in [0.5, 0.6) is 0 Å². The van der Waals surface area contributed by atoms with Crippen molar-refractivity contribution in [3.05, 3.63) is 12.2 Å². The molecule has 0 bridgehead atoms. The molecule has 0 heterocycles. The Bertz CT molecular complexity index is 304. The minimum absolute atomic E-state index is 0.362. The average molecular weight is 455 g/mol. The molecule has 194 valence electrons. The summed E-state index contributed by atoms with van der Waals surface area (Å²) in [7, 11) is 0. The molecule has 0 aromatic carbocycles. The molecule has 2 nitrogen and oxygen atoms in total. The molecular formula is C30H62O2. The highest BCUT2D eigenvalue weighted by atomic mass is 16.3. The first-order chi connectivity index (χ1) is 15.8. The largest absolute Gasteiger partial charge is 0.396 e. The Hall–Kier alpha value is -0.340. The highest BCUT2D eigenvalue weighted by Crippen LogP contribution is 2.11. The van der Waals surface area contributed by atoms with Crippen LogP contribution in [0.4, 0.5) is 0 Å². The first-order valence-electron chi connectivity index (χ1n) is 14.7. The van der Waals surface area contributed by atoms with Gasteiger partial charge < -0.3 is 10.2 Å². The Balaban J connectivity index is 0. The first kappa shape index (κ1) is 33.8. The maximum atomic E-state index is 8.66. The van der Waals surface area contributed by atoms with Gasteiger partial charge in [0.15, 0.2) is 0 Å². The van der Waals surface area contributed by atoms with E-state index in [1.807, 2.05) is 0 Å². The lowest BCUT2D eigenvalue weighted by Gasteiger charge is -2.00. The van der Waals surface area contributed by atoms with E-state index < -0.39 is 0 Å². The summed E-state index contributed by atoms with van der Waals surface area (Å²) in [5.41, 5.74) is 0. The number of rotatable bonds is 25. The van der Waals surface area contributed by atoms with Gasteiger partial charge in [-0.05, 0) is 38.5 Å². The summed E-state index contributed by atoms with van der Waals surface area (Å²) in [5, 5.41) is 17.2. The Morgan fingerprint density at radius 1 is 0.344 bits per heavy atom. The number of aliphatic hydroxyl groups excluding tert-OH is 2. The summed E-state index contributed by atoms with van der Waals surface area (Å²) in [5.74, 6) is 0. The van der Waals surface area contributed by atoms with Gasteiger partial charge in [0, 0.05) is 13.2 Å². The number of hydrogen-bond acceptors (Lipinski definition) is 2. The van der Waals surface area contributed by atoms with Crippen LogP contribution < -0.4 is 0 Å². The van der Waals surface area contributed by atoms with Crippen molar-refractivity contribution in [2.75, 3.05) is 13.2 Å². The lowest BCUT2D eigenvalue weighted by atomic mass is 10.1. The van der Waals surface area contributed by atoms with E-state index in [4.69, 9.17) is 10.2 Å². The Morgan fingerprint density at radius 2 is 0.594 bits per heavy atom. The maximum absolute atomic E-state index is 8.66. The van der Waals surface area contributed by atoms with Gasteiger partial charge in [0.25, 0.3) is 0 Å². The molecule has 0 unspecified atom stereocenters. The van der Waals surface area contributed by atoms with Gasteiger partial charge in [0.2, 0.25) is 0 Å². The van der Waals surface area contributed by atoms with Crippen LogP contribution in [0.1, 0.15) is 168 Å². The SMILES string of the molecule is CCCCCCCCC=CCCCCCCCCO.CCCCCCCCCCCCO. The zero-order chi connectivity index (χ0) is 23.8. The number of unbranched alkanes of at least 4 members (excludes halogenated alkanes) is 21. The van der Waals surface area contributed by atoms with Crippen molar-refractivity contribution in [2.24, 2.45) is 0 Å². The van der Waals surface area contributed by atoms with Crippen LogP contribution in [0.15, 0.2) is 12.2 Å². The molecule has 0 fully saturated rings. The highest BCUT2D eigenvalue weighted by Gasteiger charge is 1.92. The van der Waals surface area contributed by atoms with Gasteiger partial charge in [-0.15, -0.1) is 0 Å². The smallest absolute Gasteiger partial charge is 0.0431 e. The molecule has 0 amide bonds. The minimum atomic E-state index is 0.362. The summed E-state index contributed by atoms with van der Waals surface area (Å²) in [6.45, 7) is 5.27. The van der Waals surface area contributed by atoms with Crippen molar-refractivity contribution >= 4 is 0 Å². The van der Waals surface area contributed by atoms with Crippen molar-refractivity contribution in [3.8, 4) is 0 Å². The molecule has 2 N–H and O–H groups in total. The lowest BCUT2D eigenvalue weighted by molar-refractivity contribution is 0.282. The van der Waals surface area contributed by atoms with Gasteiger partial charge in [-0.2, -0.15) is 0 Å². The summed E-state index contributed by atoms with van der Waals surface area (Å²) in [6.07, 6.45) is 36.5. The second kappa shape index (κ2) is 35.3. The predicted molar refractivity (Wildman–Crippen MR) is 145 cm³/mol. The van der Waals surface area contributed by atoms with E-state index in [1.54, 1.807) is 0 Å². The van der Waals surface area contributed by atoms with Crippen LogP contribution in [0.25, 0.3) is 0 Å². The third-order valence-corrected chi connectivity index (χ3v) is 6.18. The molecule has 0 saturated carbocycles. The summed E-state index contributed by atoms with van der Waals surface area (Å²) in [6, 6.07) is 0. The second-order valence-corrected chi connectivity index (χ2v) is 9.57. The van der Waals surface area contributed by atoms with Crippen LogP contribution in [-0.2, 0) is 0 Å². The molecule has 0 atom stereocenters. The minimum Gasteiger partial charge on any atom is -0.396 e. The van der Waals surface area contributed by atoms with E-state index in [0.29, 0.717) is 13.2 Å². The Morgan fingerprint density at radius 3 is 0.875 bits per heavy atom. The zero-order valence-corrected chi connectivity index (χ0v) is 22.4. The molecule has 0 rings (SSSR count). The lowest BCUT2D eigenvalue weighted by Crippen LogP contribution is -1.84. The molecule has 0 saturated heterocycles. The van der Waals surface area contributed by atoms with Crippen LogP contribution in [0, 0.1) is 0 Å². The van der Waals surface area contributed by atoms with E-state index in [0.717, 1.165) is 12.8 Å². The van der Waals surface area contributed by atoms with Crippen molar-refractivity contribution in [3.63, 3.8) is 0 Å². The van der Waals surface area contributed by atoms with E-state index in [2.05, 4.69) is 26.0 Å². The third kappa shape index (κ3) is 37.0. The van der Waals surface area contributed by atoms with Gasteiger partial charge in [0.1, 0.15) is 0 Å². The summed E-state index contributed by atoms with van der Waals surface area (Å²) < 4.78 is 0. The third-order valence-electron chi connectivity index (χ3n) is 6.18. The Kier molecular flexibility index (Phi) is 37.3. The van der Waals surface area contributed by atoms with Crippen LogP contribution >= 0.6 is 0 Å². The van der Waals surface area contributed by atoms with Crippen molar-refractivity contribution in [1.82, 2.24) is 0 Å². The van der Waals surface area contributed by atoms with Crippen molar-refractivity contribution in [1.29, 1.82) is 0 Å². The fourth-order valence-corrected chi connectivity index (χ4v) is 3.96. The number of aliphatic hydroxyl groups is 2. The molecule has 0 spiro atoms. The average Bonchev–Trinajstić information content (AvgIpc) is 2.81.